The molecule has 0 bridgehead atoms. The van der Waals surface area contributed by atoms with Crippen molar-refractivity contribution in [2.24, 2.45) is 17.8 Å². The van der Waals surface area contributed by atoms with Gasteiger partial charge in [-0.3, -0.25) is 14.4 Å². The normalized spacial score (nSPS) is 19.8. The first-order chi connectivity index (χ1) is 19.4. The van der Waals surface area contributed by atoms with E-state index in [1.807, 2.05) is 57.8 Å². The Labute approximate surface area is 248 Å². The number of nitrogens with one attached hydrogen (secondary N) is 1. The number of hydrogen-bond acceptors (Lipinski definition) is 5. The molecule has 1 aliphatic rings. The van der Waals surface area contributed by atoms with Crippen LogP contribution in [0.5, 0.6) is 0 Å². The topological polar surface area (TPSA) is 88.2 Å². The smallest absolute Gasteiger partial charge is 0.225 e. The highest BCUT2D eigenvalue weighted by Crippen LogP contribution is 2.29. The van der Waals surface area contributed by atoms with E-state index >= 15 is 0 Å². The maximum absolute atomic E-state index is 13.8. The summed E-state index contributed by atoms with van der Waals surface area (Å²) >= 11 is 0. The number of likely N-dealkylation sites (N-methyl/N-ethyl adjacent to an activating group) is 1. The molecular formula is C33H55N3O5. The predicted octanol–water partition coefficient (Wildman–Crippen LogP) is 4.70. The first-order valence-electron chi connectivity index (χ1n) is 15.4. The molecule has 232 valence electrons. The van der Waals surface area contributed by atoms with Crippen LogP contribution in [0.15, 0.2) is 30.3 Å². The van der Waals surface area contributed by atoms with E-state index in [1.54, 1.807) is 19.1 Å². The Morgan fingerprint density at radius 3 is 2.24 bits per heavy atom. The van der Waals surface area contributed by atoms with Gasteiger partial charge in [-0.05, 0) is 43.6 Å². The number of carbonyl (C=O) groups is 3. The quantitative estimate of drug-likeness (QED) is 0.310. The van der Waals surface area contributed by atoms with Crippen LogP contribution >= 0.6 is 0 Å². The summed E-state index contributed by atoms with van der Waals surface area (Å²) in [4.78, 5) is 43.7. The SMILES string of the molecule is CC[C@H](C)C([C@@H](CC(=O)N1CCC[C@H]1[C@H](OC)[C@@H](C)C(=O)N[C@H](C)Cc1ccccc1)OC)N(C)C(=O)CC(C)C. The summed E-state index contributed by atoms with van der Waals surface area (Å²) in [7, 11) is 5.07. The molecule has 0 aliphatic carbocycles. The molecule has 7 atom stereocenters. The van der Waals surface area contributed by atoms with Gasteiger partial charge in [0.25, 0.3) is 0 Å². The molecule has 8 heteroatoms. The van der Waals surface area contributed by atoms with E-state index in [0.29, 0.717) is 13.0 Å². The molecule has 1 unspecified atom stereocenters. The zero-order chi connectivity index (χ0) is 30.7. The van der Waals surface area contributed by atoms with E-state index in [-0.39, 0.29) is 54.1 Å². The van der Waals surface area contributed by atoms with Crippen LogP contribution in [0.3, 0.4) is 0 Å². The first kappa shape index (κ1) is 34.7. The Kier molecular flexibility index (Phi) is 14.3. The van der Waals surface area contributed by atoms with Crippen LogP contribution in [0.1, 0.15) is 79.2 Å². The Hall–Kier alpha value is -2.45. The van der Waals surface area contributed by atoms with Crippen LogP contribution in [0.4, 0.5) is 0 Å². The lowest BCUT2D eigenvalue weighted by atomic mass is 9.90. The van der Waals surface area contributed by atoms with E-state index in [0.717, 1.165) is 25.7 Å². The van der Waals surface area contributed by atoms with E-state index < -0.39 is 18.1 Å². The summed E-state index contributed by atoms with van der Waals surface area (Å²) in [6, 6.07) is 9.66. The lowest BCUT2D eigenvalue weighted by Crippen LogP contribution is -2.53. The van der Waals surface area contributed by atoms with Crippen molar-refractivity contribution in [3.05, 3.63) is 35.9 Å². The fourth-order valence-corrected chi connectivity index (χ4v) is 6.21. The second-order valence-electron chi connectivity index (χ2n) is 12.3. The molecule has 0 spiro atoms. The third-order valence-electron chi connectivity index (χ3n) is 8.66. The van der Waals surface area contributed by atoms with Crippen LogP contribution in [0.2, 0.25) is 0 Å². The van der Waals surface area contributed by atoms with Crippen LogP contribution in [0, 0.1) is 17.8 Å². The maximum atomic E-state index is 13.8. The third-order valence-corrected chi connectivity index (χ3v) is 8.66. The molecule has 3 amide bonds. The highest BCUT2D eigenvalue weighted by Gasteiger charge is 2.42. The molecule has 0 aromatic heterocycles. The zero-order valence-corrected chi connectivity index (χ0v) is 26.9. The Morgan fingerprint density at radius 2 is 1.68 bits per heavy atom. The average Bonchev–Trinajstić information content (AvgIpc) is 3.42. The van der Waals surface area contributed by atoms with Crippen molar-refractivity contribution in [1.29, 1.82) is 0 Å². The number of nitrogens with zero attached hydrogens (tertiary/aromatic N) is 2. The Balaban J connectivity index is 2.12. The number of rotatable bonds is 16. The van der Waals surface area contributed by atoms with Gasteiger partial charge in [-0.1, -0.05) is 71.4 Å². The molecule has 1 N–H and O–H groups in total. The van der Waals surface area contributed by atoms with Crippen molar-refractivity contribution in [3.63, 3.8) is 0 Å². The van der Waals surface area contributed by atoms with Gasteiger partial charge >= 0.3 is 0 Å². The van der Waals surface area contributed by atoms with Crippen LogP contribution in [-0.4, -0.2) is 85.7 Å². The summed E-state index contributed by atoms with van der Waals surface area (Å²) in [6.07, 6.45) is 3.02. The van der Waals surface area contributed by atoms with Crippen molar-refractivity contribution < 1.29 is 23.9 Å². The molecule has 1 fully saturated rings. The highest BCUT2D eigenvalue weighted by molar-refractivity contribution is 5.81. The standard InChI is InChI=1S/C33H55N3O5/c1-10-23(4)31(35(7)29(37)19-22(2)3)28(40-8)21-30(38)36-18-14-17-27(36)32(41-9)25(6)33(39)34-24(5)20-26-15-12-11-13-16-26/h11-13,15-16,22-25,27-28,31-32H,10,14,17-21H2,1-9H3,(H,34,39)/t23-,24+,25+,27-,28+,31?,32+/m0/s1. The van der Waals surface area contributed by atoms with Crippen LogP contribution in [0.25, 0.3) is 0 Å². The molecule has 41 heavy (non-hydrogen) atoms. The molecular weight excluding hydrogens is 518 g/mol. The lowest BCUT2D eigenvalue weighted by molar-refractivity contribution is -0.146. The summed E-state index contributed by atoms with van der Waals surface area (Å²) in [5.41, 5.74) is 1.17. The van der Waals surface area contributed by atoms with Gasteiger partial charge < -0.3 is 24.6 Å². The second-order valence-corrected chi connectivity index (χ2v) is 12.3. The molecule has 8 nitrogen and oxygen atoms in total. The highest BCUT2D eigenvalue weighted by atomic mass is 16.5. The molecule has 1 aromatic carbocycles. The number of likely N-dealkylation sites (tertiary alicyclic amines) is 1. The molecule has 2 rings (SSSR count). The summed E-state index contributed by atoms with van der Waals surface area (Å²) < 4.78 is 11.8. The van der Waals surface area contributed by atoms with Gasteiger partial charge in [0.1, 0.15) is 0 Å². The summed E-state index contributed by atoms with van der Waals surface area (Å²) in [5.74, 6) is -0.0402. The molecule has 0 saturated carbocycles. The zero-order valence-electron chi connectivity index (χ0n) is 26.9. The van der Waals surface area contributed by atoms with E-state index in [1.165, 1.54) is 5.56 Å². The lowest BCUT2D eigenvalue weighted by Gasteiger charge is -2.39. The first-order valence-corrected chi connectivity index (χ1v) is 15.4. The predicted molar refractivity (Wildman–Crippen MR) is 163 cm³/mol. The number of ether oxygens (including phenoxy) is 2. The van der Waals surface area contributed by atoms with Crippen LogP contribution in [-0.2, 0) is 30.3 Å². The summed E-state index contributed by atoms with van der Waals surface area (Å²) in [6.45, 7) is 12.8. The average molecular weight is 574 g/mol. The van der Waals surface area contributed by atoms with Crippen molar-refractivity contribution >= 4 is 17.7 Å². The van der Waals surface area contributed by atoms with Gasteiger partial charge in [-0.15, -0.1) is 0 Å². The third kappa shape index (κ3) is 9.81. The minimum atomic E-state index is -0.430. The van der Waals surface area contributed by atoms with E-state index in [2.05, 4.69) is 31.3 Å². The van der Waals surface area contributed by atoms with Gasteiger partial charge in [-0.2, -0.15) is 0 Å². The van der Waals surface area contributed by atoms with Gasteiger partial charge in [0.05, 0.1) is 36.6 Å². The van der Waals surface area contributed by atoms with Crippen molar-refractivity contribution in [1.82, 2.24) is 15.1 Å². The second kappa shape index (κ2) is 16.9. The molecule has 1 aliphatic heterocycles. The fraction of sp³-hybridized carbons (Fsp3) is 0.727. The number of amides is 3. The number of carbonyl (C=O) groups excluding carboxylic acids is 3. The van der Waals surface area contributed by atoms with Crippen molar-refractivity contribution in [2.75, 3.05) is 27.8 Å². The maximum Gasteiger partial charge on any atom is 0.225 e. The number of benzene rings is 1. The van der Waals surface area contributed by atoms with Gasteiger partial charge in [0, 0.05) is 40.3 Å². The Bertz CT molecular complexity index is 955. The van der Waals surface area contributed by atoms with Crippen molar-refractivity contribution in [2.45, 2.75) is 110 Å². The number of methoxy groups -OCH3 is 2. The number of hydrogen-bond donors (Lipinski definition) is 1. The van der Waals surface area contributed by atoms with Crippen LogP contribution < -0.4 is 5.32 Å². The van der Waals surface area contributed by atoms with Gasteiger partial charge in [-0.25, -0.2) is 0 Å². The monoisotopic (exact) mass is 573 g/mol. The van der Waals surface area contributed by atoms with E-state index in [4.69, 9.17) is 9.47 Å². The summed E-state index contributed by atoms with van der Waals surface area (Å²) in [5, 5.41) is 3.14. The minimum Gasteiger partial charge on any atom is -0.379 e. The molecule has 1 aromatic rings. The van der Waals surface area contributed by atoms with Gasteiger partial charge in [0.15, 0.2) is 0 Å². The Morgan fingerprint density at radius 1 is 1.02 bits per heavy atom. The molecule has 1 heterocycles. The molecule has 0 radical (unpaired) electrons. The minimum absolute atomic E-state index is 0.0236. The van der Waals surface area contributed by atoms with Gasteiger partial charge in [0.2, 0.25) is 17.7 Å². The van der Waals surface area contributed by atoms with E-state index in [9.17, 15) is 14.4 Å². The molecule has 1 saturated heterocycles. The largest absolute Gasteiger partial charge is 0.379 e. The fourth-order valence-electron chi connectivity index (χ4n) is 6.21. The van der Waals surface area contributed by atoms with Crippen molar-refractivity contribution in [3.8, 4) is 0 Å².